The molecule has 3 aromatic rings. The van der Waals surface area contributed by atoms with Crippen molar-refractivity contribution >= 4 is 34.4 Å². The fourth-order valence-electron chi connectivity index (χ4n) is 2.79. The van der Waals surface area contributed by atoms with Crippen molar-refractivity contribution in [2.45, 2.75) is 33.2 Å². The summed E-state index contributed by atoms with van der Waals surface area (Å²) in [5.74, 6) is 0.115. The zero-order valence-corrected chi connectivity index (χ0v) is 16.0. The number of anilines is 1. The molecule has 0 bridgehead atoms. The van der Waals surface area contributed by atoms with Gasteiger partial charge in [0.05, 0.1) is 10.9 Å². The Morgan fingerprint density at radius 1 is 1.22 bits per heavy atom. The van der Waals surface area contributed by atoms with E-state index in [9.17, 15) is 9.59 Å². The predicted molar refractivity (Wildman–Crippen MR) is 108 cm³/mol. The topological polar surface area (TPSA) is 76.0 Å². The number of fused-ring (bicyclic) bond motifs is 1. The van der Waals surface area contributed by atoms with E-state index in [0.29, 0.717) is 34.8 Å². The second-order valence-corrected chi connectivity index (χ2v) is 6.67. The van der Waals surface area contributed by atoms with E-state index in [0.717, 1.165) is 11.1 Å². The molecule has 0 spiro atoms. The maximum atomic E-state index is 12.6. The number of hydrogen-bond acceptors (Lipinski definition) is 4. The summed E-state index contributed by atoms with van der Waals surface area (Å²) in [6, 6.07) is 12.9. The standard InChI is InChI=1S/C20H21ClN4O2/c1-3-25-19(27)15-6-4-5-7-17(15)22-20(25)24-23-18(26)11-10-14-9-8-13(2)16(21)12-14/h4-9,12H,3,10-11H2,1-2H3,(H,22,24)(H,23,26). The molecule has 0 saturated carbocycles. The largest absolute Gasteiger partial charge is 0.277 e. The minimum absolute atomic E-state index is 0.144. The number of amides is 1. The lowest BCUT2D eigenvalue weighted by Gasteiger charge is -2.14. The fourth-order valence-corrected chi connectivity index (χ4v) is 3.00. The molecule has 0 atom stereocenters. The van der Waals surface area contributed by atoms with Gasteiger partial charge in [-0.3, -0.25) is 25.0 Å². The van der Waals surface area contributed by atoms with Crippen molar-refractivity contribution in [1.82, 2.24) is 15.0 Å². The molecule has 0 aliphatic rings. The predicted octanol–water partition coefficient (Wildman–Crippen LogP) is 3.45. The van der Waals surface area contributed by atoms with E-state index in [1.54, 1.807) is 18.2 Å². The Balaban J connectivity index is 1.68. The van der Waals surface area contributed by atoms with Gasteiger partial charge in [-0.05, 0) is 49.6 Å². The van der Waals surface area contributed by atoms with E-state index in [1.165, 1.54) is 4.57 Å². The van der Waals surface area contributed by atoms with Gasteiger partial charge >= 0.3 is 0 Å². The highest BCUT2D eigenvalue weighted by molar-refractivity contribution is 6.31. The van der Waals surface area contributed by atoms with Crippen LogP contribution in [0.2, 0.25) is 5.02 Å². The number of nitrogens with zero attached hydrogens (tertiary/aromatic N) is 2. The van der Waals surface area contributed by atoms with E-state index in [1.807, 2.05) is 38.1 Å². The maximum absolute atomic E-state index is 12.6. The van der Waals surface area contributed by atoms with Gasteiger partial charge in [0, 0.05) is 18.0 Å². The van der Waals surface area contributed by atoms with Crippen LogP contribution in [0.15, 0.2) is 47.3 Å². The number of halogens is 1. The molecule has 140 valence electrons. The van der Waals surface area contributed by atoms with Gasteiger partial charge < -0.3 is 0 Å². The Hall–Kier alpha value is -2.86. The van der Waals surface area contributed by atoms with Crippen LogP contribution in [0.3, 0.4) is 0 Å². The van der Waals surface area contributed by atoms with Crippen LogP contribution in [0.5, 0.6) is 0 Å². The molecular formula is C20H21ClN4O2. The van der Waals surface area contributed by atoms with Gasteiger partial charge in [0.1, 0.15) is 0 Å². The number of aryl methyl sites for hydroxylation is 2. The van der Waals surface area contributed by atoms with Gasteiger partial charge in [0.2, 0.25) is 11.9 Å². The monoisotopic (exact) mass is 384 g/mol. The number of para-hydroxylation sites is 1. The van der Waals surface area contributed by atoms with Gasteiger partial charge in [-0.1, -0.05) is 35.9 Å². The van der Waals surface area contributed by atoms with Crippen LogP contribution in [0.1, 0.15) is 24.5 Å². The maximum Gasteiger partial charge on any atom is 0.262 e. The van der Waals surface area contributed by atoms with Crippen molar-refractivity contribution < 1.29 is 4.79 Å². The third-order valence-electron chi connectivity index (χ3n) is 4.37. The van der Waals surface area contributed by atoms with E-state index >= 15 is 0 Å². The molecule has 0 aliphatic heterocycles. The van der Waals surface area contributed by atoms with Crippen LogP contribution in [0, 0.1) is 6.92 Å². The summed E-state index contributed by atoms with van der Waals surface area (Å²) in [6.45, 7) is 4.23. The number of aromatic nitrogens is 2. The smallest absolute Gasteiger partial charge is 0.262 e. The molecule has 7 heteroatoms. The summed E-state index contributed by atoms with van der Waals surface area (Å²) in [5, 5.41) is 1.24. The number of carbonyl (C=O) groups is 1. The number of hydrazine groups is 1. The molecule has 0 unspecified atom stereocenters. The molecule has 3 rings (SSSR count). The number of benzene rings is 2. The Morgan fingerprint density at radius 3 is 2.74 bits per heavy atom. The van der Waals surface area contributed by atoms with Gasteiger partial charge in [0.25, 0.3) is 5.56 Å². The molecule has 6 nitrogen and oxygen atoms in total. The first-order valence-corrected chi connectivity index (χ1v) is 9.17. The molecule has 1 aromatic heterocycles. The molecule has 27 heavy (non-hydrogen) atoms. The highest BCUT2D eigenvalue weighted by atomic mass is 35.5. The summed E-state index contributed by atoms with van der Waals surface area (Å²) in [4.78, 5) is 29.2. The van der Waals surface area contributed by atoms with Crippen LogP contribution in [-0.4, -0.2) is 15.5 Å². The summed E-state index contributed by atoms with van der Waals surface area (Å²) in [7, 11) is 0. The molecule has 1 amide bonds. The second kappa shape index (κ2) is 8.22. The molecule has 0 fully saturated rings. The SMILES string of the molecule is CCn1c(NNC(=O)CCc2ccc(C)c(Cl)c2)nc2ccccc2c1=O. The molecule has 0 saturated heterocycles. The Kier molecular flexibility index (Phi) is 5.76. The van der Waals surface area contributed by atoms with E-state index in [2.05, 4.69) is 15.8 Å². The normalized spacial score (nSPS) is 10.8. The van der Waals surface area contributed by atoms with Crippen LogP contribution in [0.25, 0.3) is 10.9 Å². The summed E-state index contributed by atoms with van der Waals surface area (Å²) < 4.78 is 1.49. The van der Waals surface area contributed by atoms with Crippen molar-refractivity contribution in [3.05, 3.63) is 69.0 Å². The number of hydrogen-bond donors (Lipinski definition) is 2. The first-order chi connectivity index (χ1) is 13.0. The quantitative estimate of drug-likeness (QED) is 0.638. The fraction of sp³-hybridized carbons (Fsp3) is 0.250. The Bertz CT molecular complexity index is 1050. The lowest BCUT2D eigenvalue weighted by Crippen LogP contribution is -2.34. The lowest BCUT2D eigenvalue weighted by atomic mass is 10.1. The molecule has 1 heterocycles. The average molecular weight is 385 g/mol. The molecular weight excluding hydrogens is 364 g/mol. The average Bonchev–Trinajstić information content (AvgIpc) is 2.67. The summed E-state index contributed by atoms with van der Waals surface area (Å²) in [6.07, 6.45) is 0.857. The molecule has 0 aliphatic carbocycles. The number of carbonyl (C=O) groups excluding carboxylic acids is 1. The highest BCUT2D eigenvalue weighted by Gasteiger charge is 2.10. The Morgan fingerprint density at radius 2 is 2.00 bits per heavy atom. The first-order valence-electron chi connectivity index (χ1n) is 8.79. The minimum atomic E-state index is -0.197. The minimum Gasteiger partial charge on any atom is -0.277 e. The zero-order valence-electron chi connectivity index (χ0n) is 15.3. The van der Waals surface area contributed by atoms with Gasteiger partial charge in [0.15, 0.2) is 0 Å². The van der Waals surface area contributed by atoms with Gasteiger partial charge in [-0.2, -0.15) is 0 Å². The summed E-state index contributed by atoms with van der Waals surface area (Å²) in [5.41, 5.74) is 7.84. The van der Waals surface area contributed by atoms with Crippen molar-refractivity contribution in [1.29, 1.82) is 0 Å². The van der Waals surface area contributed by atoms with Crippen molar-refractivity contribution in [2.24, 2.45) is 0 Å². The Labute approximate surface area is 162 Å². The molecule has 2 aromatic carbocycles. The zero-order chi connectivity index (χ0) is 19.4. The van der Waals surface area contributed by atoms with Crippen molar-refractivity contribution in [3.8, 4) is 0 Å². The van der Waals surface area contributed by atoms with E-state index in [4.69, 9.17) is 11.6 Å². The van der Waals surface area contributed by atoms with Gasteiger partial charge in [-0.25, -0.2) is 4.98 Å². The molecule has 0 radical (unpaired) electrons. The van der Waals surface area contributed by atoms with E-state index < -0.39 is 0 Å². The van der Waals surface area contributed by atoms with Crippen LogP contribution >= 0.6 is 11.6 Å². The van der Waals surface area contributed by atoms with Crippen molar-refractivity contribution in [3.63, 3.8) is 0 Å². The van der Waals surface area contributed by atoms with Crippen molar-refractivity contribution in [2.75, 3.05) is 5.43 Å². The third kappa shape index (κ3) is 4.28. The number of rotatable bonds is 6. The summed E-state index contributed by atoms with van der Waals surface area (Å²) >= 11 is 6.11. The van der Waals surface area contributed by atoms with Crippen LogP contribution in [0.4, 0.5) is 5.95 Å². The van der Waals surface area contributed by atoms with Gasteiger partial charge in [-0.15, -0.1) is 0 Å². The number of nitrogens with one attached hydrogen (secondary N) is 2. The van der Waals surface area contributed by atoms with Crippen LogP contribution < -0.4 is 16.4 Å². The molecule has 2 N–H and O–H groups in total. The van der Waals surface area contributed by atoms with Crippen LogP contribution in [-0.2, 0) is 17.8 Å². The highest BCUT2D eigenvalue weighted by Crippen LogP contribution is 2.17. The lowest BCUT2D eigenvalue weighted by molar-refractivity contribution is -0.120. The first kappa shape index (κ1) is 18.9. The third-order valence-corrected chi connectivity index (χ3v) is 4.78. The van der Waals surface area contributed by atoms with E-state index in [-0.39, 0.29) is 17.9 Å². The second-order valence-electron chi connectivity index (χ2n) is 6.26.